The van der Waals surface area contributed by atoms with Crippen LogP contribution in [0.2, 0.25) is 10.0 Å². The van der Waals surface area contributed by atoms with Crippen LogP contribution in [-0.2, 0) is 15.3 Å². The molecular formula is C27H20Cl2N4O5S3. The quantitative estimate of drug-likeness (QED) is 0.0954. The van der Waals surface area contributed by atoms with Gasteiger partial charge < -0.3 is 9.84 Å². The van der Waals surface area contributed by atoms with Gasteiger partial charge in [-0.1, -0.05) is 64.5 Å². The zero-order chi connectivity index (χ0) is 29.4. The van der Waals surface area contributed by atoms with Crippen molar-refractivity contribution < 1.29 is 24.2 Å². The molecule has 1 unspecified atom stereocenters. The maximum absolute atomic E-state index is 13.8. The van der Waals surface area contributed by atoms with E-state index in [1.54, 1.807) is 38.1 Å². The average molecular weight is 648 g/mol. The Labute approximate surface area is 256 Å². The fourth-order valence-electron chi connectivity index (χ4n) is 4.27. The van der Waals surface area contributed by atoms with Crippen LogP contribution < -0.4 is 4.90 Å². The maximum Gasteiger partial charge on any atom is 0.337 e. The molecule has 5 rings (SSSR count). The van der Waals surface area contributed by atoms with E-state index < -0.39 is 29.5 Å². The molecule has 1 aliphatic rings. The summed E-state index contributed by atoms with van der Waals surface area (Å²) in [5.74, 6) is -2.04. The van der Waals surface area contributed by atoms with Crippen molar-refractivity contribution in [3.8, 4) is 0 Å². The monoisotopic (exact) mass is 646 g/mol. The van der Waals surface area contributed by atoms with Crippen molar-refractivity contribution in [2.75, 3.05) is 12.0 Å². The van der Waals surface area contributed by atoms with Crippen molar-refractivity contribution in [1.29, 1.82) is 0 Å². The number of thiazole rings is 1. The van der Waals surface area contributed by atoms with Crippen molar-refractivity contribution in [2.24, 2.45) is 0 Å². The maximum atomic E-state index is 13.8. The van der Waals surface area contributed by atoms with E-state index in [1.165, 1.54) is 47.2 Å². The number of esters is 1. The molecule has 1 aliphatic heterocycles. The molecular weight excluding hydrogens is 627 g/mol. The molecule has 2 aromatic heterocycles. The molecule has 0 spiro atoms. The number of aliphatic hydroxyl groups is 1. The lowest BCUT2D eigenvalue weighted by molar-refractivity contribution is -0.117. The second-order valence-electron chi connectivity index (χ2n) is 8.81. The second kappa shape index (κ2) is 11.9. The smallest absolute Gasteiger partial charge is 0.337 e. The number of ketones is 1. The standard InChI is InChI=1S/C27H20Cl2N4O5S3/c1-12-23(40-13(2)30-12)21(34)19-20(14-4-6-15(7-5-14)25(37)38-3)33(24(36)22(19)35)26-31-32-27(41-26)39-11-16-8-9-17(28)10-18(16)29/h4-10,20,35H,11H2,1-3H3. The van der Waals surface area contributed by atoms with Gasteiger partial charge in [-0.15, -0.1) is 21.5 Å². The van der Waals surface area contributed by atoms with Crippen molar-refractivity contribution in [3.63, 3.8) is 0 Å². The first-order chi connectivity index (χ1) is 19.6. The van der Waals surface area contributed by atoms with Gasteiger partial charge >= 0.3 is 5.97 Å². The third-order valence-corrected chi connectivity index (χ3v) is 9.94. The largest absolute Gasteiger partial charge is 0.503 e. The lowest BCUT2D eigenvalue weighted by Crippen LogP contribution is -2.31. The minimum absolute atomic E-state index is 0.107. The van der Waals surface area contributed by atoms with E-state index in [4.69, 9.17) is 27.9 Å². The molecule has 0 aliphatic carbocycles. The van der Waals surface area contributed by atoms with Gasteiger partial charge in [-0.3, -0.25) is 14.5 Å². The number of aromatic nitrogens is 3. The molecule has 0 radical (unpaired) electrons. The third kappa shape index (κ3) is 5.75. The van der Waals surface area contributed by atoms with Gasteiger partial charge in [0.25, 0.3) is 5.91 Å². The van der Waals surface area contributed by atoms with Gasteiger partial charge in [0.1, 0.15) is 0 Å². The molecule has 0 fully saturated rings. The number of nitrogens with zero attached hydrogens (tertiary/aromatic N) is 4. The third-order valence-electron chi connectivity index (χ3n) is 6.18. The number of benzene rings is 2. The molecule has 1 atom stereocenters. The highest BCUT2D eigenvalue weighted by molar-refractivity contribution is 8.00. The lowest BCUT2D eigenvalue weighted by atomic mass is 9.94. The van der Waals surface area contributed by atoms with Crippen molar-refractivity contribution >= 4 is 80.4 Å². The van der Waals surface area contributed by atoms with Crippen LogP contribution in [-0.4, -0.2) is 45.1 Å². The summed E-state index contributed by atoms with van der Waals surface area (Å²) >= 11 is 16.0. The molecule has 210 valence electrons. The number of hydrogen-bond acceptors (Lipinski definition) is 11. The first kappa shape index (κ1) is 29.2. The van der Waals surface area contributed by atoms with Gasteiger partial charge in [-0.05, 0) is 49.2 Å². The van der Waals surface area contributed by atoms with Crippen LogP contribution in [0.4, 0.5) is 5.13 Å². The fraction of sp³-hybridized carbons (Fsp3) is 0.185. The summed E-state index contributed by atoms with van der Waals surface area (Å²) in [7, 11) is 1.27. The van der Waals surface area contributed by atoms with Crippen LogP contribution in [0.1, 0.15) is 47.9 Å². The summed E-state index contributed by atoms with van der Waals surface area (Å²) in [5.41, 5.74) is 2.01. The summed E-state index contributed by atoms with van der Waals surface area (Å²) in [6.45, 7) is 3.47. The Kier molecular flexibility index (Phi) is 8.48. The van der Waals surface area contributed by atoms with E-state index in [9.17, 15) is 19.5 Å². The summed E-state index contributed by atoms with van der Waals surface area (Å²) in [6.07, 6.45) is 0. The Morgan fingerprint density at radius 3 is 2.46 bits per heavy atom. The number of halogens is 2. The highest BCUT2D eigenvalue weighted by Crippen LogP contribution is 2.44. The normalized spacial score (nSPS) is 15.1. The number of rotatable bonds is 8. The van der Waals surface area contributed by atoms with Gasteiger partial charge in [0.15, 0.2) is 10.1 Å². The molecule has 9 nitrogen and oxygen atoms in total. The van der Waals surface area contributed by atoms with Crippen LogP contribution in [0.5, 0.6) is 0 Å². The number of thioether (sulfide) groups is 1. The molecule has 4 aromatic rings. The number of carbonyl (C=O) groups excluding carboxylic acids is 3. The Balaban J connectivity index is 1.51. The highest BCUT2D eigenvalue weighted by atomic mass is 35.5. The fourth-order valence-corrected chi connectivity index (χ4v) is 7.57. The average Bonchev–Trinajstić information content (AvgIpc) is 3.63. The van der Waals surface area contributed by atoms with Crippen LogP contribution >= 0.6 is 57.6 Å². The minimum atomic E-state index is -1.03. The minimum Gasteiger partial charge on any atom is -0.503 e. The van der Waals surface area contributed by atoms with Crippen molar-refractivity contribution in [3.05, 3.63) is 96.1 Å². The van der Waals surface area contributed by atoms with Gasteiger partial charge in [0.05, 0.1) is 39.9 Å². The number of anilines is 1. The number of Topliss-reactive ketones (excluding diaryl/α,β-unsaturated/α-hetero) is 1. The second-order valence-corrected chi connectivity index (χ2v) is 13.0. The number of amides is 1. The Bertz CT molecular complexity index is 1720. The lowest BCUT2D eigenvalue weighted by Gasteiger charge is -2.24. The topological polar surface area (TPSA) is 123 Å². The number of hydrogen-bond donors (Lipinski definition) is 1. The SMILES string of the molecule is COC(=O)c1ccc(C2C(C(=O)c3sc(C)nc3C)=C(O)C(=O)N2c2nnc(SCc3ccc(Cl)cc3Cl)s2)cc1. The molecule has 1 N–H and O–H groups in total. The predicted molar refractivity (Wildman–Crippen MR) is 160 cm³/mol. The van der Waals surface area contributed by atoms with Crippen LogP contribution in [0.25, 0.3) is 0 Å². The first-order valence-corrected chi connectivity index (χ1v) is 15.3. The molecule has 3 heterocycles. The summed E-state index contributed by atoms with van der Waals surface area (Å²) in [5, 5.41) is 21.4. The van der Waals surface area contributed by atoms with Gasteiger partial charge in [0.2, 0.25) is 10.9 Å². The Morgan fingerprint density at radius 1 is 1.10 bits per heavy atom. The summed E-state index contributed by atoms with van der Waals surface area (Å²) in [4.78, 5) is 45.2. The number of carbonyl (C=O) groups is 3. The van der Waals surface area contributed by atoms with Crippen LogP contribution in [0.3, 0.4) is 0 Å². The molecule has 0 saturated heterocycles. The number of methoxy groups -OCH3 is 1. The molecule has 0 bridgehead atoms. The van der Waals surface area contributed by atoms with E-state index in [2.05, 4.69) is 15.2 Å². The zero-order valence-corrected chi connectivity index (χ0v) is 25.6. The molecule has 14 heteroatoms. The molecule has 1 amide bonds. The van der Waals surface area contributed by atoms with Crippen molar-refractivity contribution in [2.45, 2.75) is 30.0 Å². The van der Waals surface area contributed by atoms with E-state index in [0.717, 1.165) is 16.9 Å². The molecule has 2 aromatic carbocycles. The van der Waals surface area contributed by atoms with Crippen LogP contribution in [0, 0.1) is 13.8 Å². The molecule has 0 saturated carbocycles. The first-order valence-electron chi connectivity index (χ1n) is 11.9. The Morgan fingerprint density at radius 2 is 1.83 bits per heavy atom. The summed E-state index contributed by atoms with van der Waals surface area (Å²) in [6, 6.07) is 10.5. The Hall–Kier alpha value is -3.29. The summed E-state index contributed by atoms with van der Waals surface area (Å²) < 4.78 is 5.33. The predicted octanol–water partition coefficient (Wildman–Crippen LogP) is 6.78. The van der Waals surface area contributed by atoms with E-state index in [0.29, 0.717) is 41.3 Å². The zero-order valence-electron chi connectivity index (χ0n) is 21.7. The van der Waals surface area contributed by atoms with Gasteiger partial charge in [-0.25, -0.2) is 9.78 Å². The number of aliphatic hydroxyl groups excluding tert-OH is 1. The molecule has 41 heavy (non-hydrogen) atoms. The van der Waals surface area contributed by atoms with Gasteiger partial charge in [0, 0.05) is 15.8 Å². The van der Waals surface area contributed by atoms with E-state index in [-0.39, 0.29) is 16.3 Å². The number of aryl methyl sites for hydroxylation is 2. The highest BCUT2D eigenvalue weighted by Gasteiger charge is 2.46. The number of ether oxygens (including phenoxy) is 1. The van der Waals surface area contributed by atoms with Crippen molar-refractivity contribution in [1.82, 2.24) is 15.2 Å². The van der Waals surface area contributed by atoms with Crippen LogP contribution in [0.15, 0.2) is 58.1 Å². The van der Waals surface area contributed by atoms with E-state index >= 15 is 0 Å². The van der Waals surface area contributed by atoms with Gasteiger partial charge in [-0.2, -0.15) is 0 Å². The van der Waals surface area contributed by atoms with E-state index in [1.807, 2.05) is 6.07 Å².